The zero-order chi connectivity index (χ0) is 24.4. The molecule has 34 heavy (non-hydrogen) atoms. The number of pyridine rings is 1. The lowest BCUT2D eigenvalue weighted by molar-refractivity contribution is 0.0972. The Kier molecular flexibility index (Phi) is 6.27. The highest BCUT2D eigenvalue weighted by molar-refractivity contribution is 6.03. The predicted octanol–water partition coefficient (Wildman–Crippen LogP) is 4.32. The van der Waals surface area contributed by atoms with Crippen molar-refractivity contribution in [3.05, 3.63) is 94.3 Å². The number of nitrogens with zero attached hydrogens (tertiary/aromatic N) is 2. The first kappa shape index (κ1) is 22.9. The molecule has 0 aliphatic heterocycles. The van der Waals surface area contributed by atoms with E-state index < -0.39 is 17.4 Å². The number of para-hydroxylation sites is 1. The second-order valence-corrected chi connectivity index (χ2v) is 8.54. The van der Waals surface area contributed by atoms with E-state index in [-0.39, 0.29) is 17.7 Å². The standard InChI is InChI=1S/C27H28N4O3/c1-30(2)20-13-11-17(12-14-20)22(29-19-8-6-7-18(28)15-19)16-24(32)25-26(33)21-9-4-5-10-23(21)31(3)27(25)34/h4-15,22,29,33H,16,28H2,1-3H3/t22-/m0/s1. The van der Waals surface area contributed by atoms with Crippen LogP contribution in [-0.4, -0.2) is 29.6 Å². The van der Waals surface area contributed by atoms with Crippen LogP contribution in [0, 0.1) is 0 Å². The molecule has 174 valence electrons. The van der Waals surface area contributed by atoms with Crippen molar-refractivity contribution < 1.29 is 9.90 Å². The van der Waals surface area contributed by atoms with E-state index in [2.05, 4.69) is 5.32 Å². The Morgan fingerprint density at radius 3 is 2.44 bits per heavy atom. The Hall–Kier alpha value is -4.26. The van der Waals surface area contributed by atoms with Gasteiger partial charge in [-0.3, -0.25) is 9.59 Å². The van der Waals surface area contributed by atoms with Crippen LogP contribution < -0.4 is 21.5 Å². The fourth-order valence-corrected chi connectivity index (χ4v) is 4.10. The van der Waals surface area contributed by atoms with Crippen LogP contribution in [0.15, 0.2) is 77.6 Å². The van der Waals surface area contributed by atoms with Crippen molar-refractivity contribution >= 4 is 33.7 Å². The molecule has 4 aromatic rings. The van der Waals surface area contributed by atoms with Gasteiger partial charge in [-0.15, -0.1) is 0 Å². The van der Waals surface area contributed by atoms with Crippen LogP contribution in [0.3, 0.4) is 0 Å². The van der Waals surface area contributed by atoms with Crippen molar-refractivity contribution in [1.82, 2.24) is 4.57 Å². The Morgan fingerprint density at radius 1 is 1.06 bits per heavy atom. The molecule has 4 rings (SSSR count). The van der Waals surface area contributed by atoms with Gasteiger partial charge in [-0.1, -0.05) is 30.3 Å². The number of aromatic nitrogens is 1. The van der Waals surface area contributed by atoms with Gasteiger partial charge in [0.25, 0.3) is 5.56 Å². The lowest BCUT2D eigenvalue weighted by Crippen LogP contribution is -2.26. The number of anilines is 3. The third-order valence-corrected chi connectivity index (χ3v) is 5.98. The van der Waals surface area contributed by atoms with E-state index in [4.69, 9.17) is 5.73 Å². The number of fused-ring (bicyclic) bond motifs is 1. The summed E-state index contributed by atoms with van der Waals surface area (Å²) in [4.78, 5) is 28.5. The maximum Gasteiger partial charge on any atom is 0.265 e. The molecule has 0 radical (unpaired) electrons. The number of aromatic hydroxyl groups is 1. The first-order valence-electron chi connectivity index (χ1n) is 11.0. The number of carbonyl (C=O) groups excluding carboxylic acids is 1. The number of aryl methyl sites for hydroxylation is 1. The molecule has 0 amide bonds. The molecule has 1 atom stereocenters. The van der Waals surface area contributed by atoms with Crippen molar-refractivity contribution in [2.45, 2.75) is 12.5 Å². The first-order chi connectivity index (χ1) is 16.3. The molecule has 0 saturated heterocycles. The van der Waals surface area contributed by atoms with E-state index in [1.165, 1.54) is 4.57 Å². The summed E-state index contributed by atoms with van der Waals surface area (Å²) in [6, 6.07) is 21.7. The van der Waals surface area contributed by atoms with Gasteiger partial charge in [0.1, 0.15) is 11.3 Å². The number of hydrogen-bond donors (Lipinski definition) is 3. The molecular formula is C27H28N4O3. The predicted molar refractivity (Wildman–Crippen MR) is 138 cm³/mol. The summed E-state index contributed by atoms with van der Waals surface area (Å²) in [7, 11) is 5.52. The molecule has 0 spiro atoms. The Morgan fingerprint density at radius 2 is 1.76 bits per heavy atom. The van der Waals surface area contributed by atoms with Crippen LogP contribution in [-0.2, 0) is 7.05 Å². The van der Waals surface area contributed by atoms with Gasteiger partial charge in [0, 0.05) is 50.0 Å². The lowest BCUT2D eigenvalue weighted by Gasteiger charge is -2.22. The minimum atomic E-state index is -0.521. The SMILES string of the molecule is CN(C)c1ccc([C@H](CC(=O)c2c(O)c3ccccc3n(C)c2=O)Nc2cccc(N)c2)cc1. The molecule has 7 heteroatoms. The number of nitrogen functional groups attached to an aromatic ring is 1. The quantitative estimate of drug-likeness (QED) is 0.283. The summed E-state index contributed by atoms with van der Waals surface area (Å²) in [5, 5.41) is 14.7. The first-order valence-corrected chi connectivity index (χ1v) is 11.0. The second kappa shape index (κ2) is 9.31. The van der Waals surface area contributed by atoms with Crippen LogP contribution in [0.25, 0.3) is 10.9 Å². The van der Waals surface area contributed by atoms with Crippen LogP contribution >= 0.6 is 0 Å². The number of nitrogens with one attached hydrogen (secondary N) is 1. The second-order valence-electron chi connectivity index (χ2n) is 8.54. The summed E-state index contributed by atoms with van der Waals surface area (Å²) < 4.78 is 1.40. The average Bonchev–Trinajstić information content (AvgIpc) is 2.82. The average molecular weight is 457 g/mol. The third-order valence-electron chi connectivity index (χ3n) is 5.98. The van der Waals surface area contributed by atoms with E-state index >= 15 is 0 Å². The third kappa shape index (κ3) is 4.45. The van der Waals surface area contributed by atoms with Crippen LogP contribution in [0.4, 0.5) is 17.1 Å². The maximum atomic E-state index is 13.5. The van der Waals surface area contributed by atoms with Gasteiger partial charge in [-0.25, -0.2) is 0 Å². The molecule has 0 aliphatic rings. The van der Waals surface area contributed by atoms with Gasteiger partial charge in [0.05, 0.1) is 11.6 Å². The van der Waals surface area contributed by atoms with Crippen LogP contribution in [0.1, 0.15) is 28.4 Å². The Labute approximate surface area is 198 Å². The van der Waals surface area contributed by atoms with E-state index in [1.54, 1.807) is 43.4 Å². The molecule has 0 fully saturated rings. The van der Waals surface area contributed by atoms with Crippen LogP contribution in [0.2, 0.25) is 0 Å². The fraction of sp³-hybridized carbons (Fsp3) is 0.185. The molecule has 1 heterocycles. The maximum absolute atomic E-state index is 13.5. The number of nitrogens with two attached hydrogens (primary N) is 1. The van der Waals surface area contributed by atoms with E-state index in [9.17, 15) is 14.7 Å². The number of Topliss-reactive ketones (excluding diaryl/α,β-unsaturated/α-hetero) is 1. The monoisotopic (exact) mass is 456 g/mol. The van der Waals surface area contributed by atoms with Gasteiger partial charge < -0.3 is 25.6 Å². The molecule has 0 unspecified atom stereocenters. The molecule has 1 aromatic heterocycles. The number of benzene rings is 3. The van der Waals surface area contributed by atoms with Gasteiger partial charge >= 0.3 is 0 Å². The van der Waals surface area contributed by atoms with Crippen molar-refractivity contribution in [1.29, 1.82) is 0 Å². The van der Waals surface area contributed by atoms with Crippen molar-refractivity contribution in [3.63, 3.8) is 0 Å². The van der Waals surface area contributed by atoms with Gasteiger partial charge in [0.15, 0.2) is 5.78 Å². The Bertz CT molecular complexity index is 1410. The van der Waals surface area contributed by atoms with Crippen molar-refractivity contribution in [2.24, 2.45) is 7.05 Å². The highest BCUT2D eigenvalue weighted by Gasteiger charge is 2.25. The molecular weight excluding hydrogens is 428 g/mol. The molecule has 0 bridgehead atoms. The molecule has 0 saturated carbocycles. The zero-order valence-corrected chi connectivity index (χ0v) is 19.4. The van der Waals surface area contributed by atoms with Crippen molar-refractivity contribution in [2.75, 3.05) is 30.0 Å². The highest BCUT2D eigenvalue weighted by Crippen LogP contribution is 2.30. The number of ketones is 1. The van der Waals surface area contributed by atoms with Crippen molar-refractivity contribution in [3.8, 4) is 5.75 Å². The molecule has 7 nitrogen and oxygen atoms in total. The molecule has 0 aliphatic carbocycles. The molecule has 3 aromatic carbocycles. The lowest BCUT2D eigenvalue weighted by atomic mass is 9.96. The van der Waals surface area contributed by atoms with E-state index in [0.29, 0.717) is 16.6 Å². The minimum Gasteiger partial charge on any atom is -0.506 e. The van der Waals surface area contributed by atoms with E-state index in [0.717, 1.165) is 16.9 Å². The summed E-state index contributed by atoms with van der Waals surface area (Å²) in [6.45, 7) is 0. The minimum absolute atomic E-state index is 0.0305. The van der Waals surface area contributed by atoms with E-state index in [1.807, 2.05) is 55.4 Å². The number of carbonyl (C=O) groups is 1. The highest BCUT2D eigenvalue weighted by atomic mass is 16.3. The summed E-state index contributed by atoms with van der Waals surface area (Å²) in [5.41, 5.74) is 9.03. The summed E-state index contributed by atoms with van der Waals surface area (Å²) in [6.07, 6.45) is -0.0305. The smallest absolute Gasteiger partial charge is 0.265 e. The largest absolute Gasteiger partial charge is 0.506 e. The fourth-order valence-electron chi connectivity index (χ4n) is 4.10. The van der Waals surface area contributed by atoms with Gasteiger partial charge in [-0.2, -0.15) is 0 Å². The summed E-state index contributed by atoms with van der Waals surface area (Å²) >= 11 is 0. The number of hydrogen-bond acceptors (Lipinski definition) is 6. The topological polar surface area (TPSA) is 101 Å². The number of rotatable bonds is 7. The van der Waals surface area contributed by atoms with Gasteiger partial charge in [0.2, 0.25) is 0 Å². The molecule has 4 N–H and O–H groups in total. The summed E-state index contributed by atoms with van der Waals surface area (Å²) in [5.74, 6) is -0.726. The normalized spacial score (nSPS) is 11.9. The van der Waals surface area contributed by atoms with Gasteiger partial charge in [-0.05, 0) is 48.0 Å². The van der Waals surface area contributed by atoms with Crippen LogP contribution in [0.5, 0.6) is 5.75 Å². The zero-order valence-electron chi connectivity index (χ0n) is 19.4. The Balaban J connectivity index is 1.74.